The van der Waals surface area contributed by atoms with E-state index in [0.717, 1.165) is 16.7 Å². The number of aromatic hydroxyl groups is 1. The molecule has 0 aliphatic rings. The molecule has 0 fully saturated rings. The number of aliphatic hydroxyl groups is 1. The highest BCUT2D eigenvalue weighted by Crippen LogP contribution is 2.31. The molecule has 3 rings (SSSR count). The van der Waals surface area contributed by atoms with Gasteiger partial charge in [-0.3, -0.25) is 9.59 Å². The molecule has 0 amide bonds. The maximum Gasteiger partial charge on any atom is 0.268 e. The molecule has 0 radical (unpaired) electrons. The minimum Gasteiger partial charge on any atom is -0.503 e. The van der Waals surface area contributed by atoms with E-state index in [9.17, 15) is 14.7 Å². The standard InChI is InChI=1S/C21H20O6/c1-12-3-6-16(26-8-7-22)17(9-12)27-11-15-10-14(5-4-13(15)2)18-19(23)21(25)20(18)24/h3-6,9-10,22-23H,7-8,11H2,1-2H3. The van der Waals surface area contributed by atoms with Crippen LogP contribution in [0.25, 0.3) is 11.1 Å². The van der Waals surface area contributed by atoms with Crippen LogP contribution in [0.5, 0.6) is 17.2 Å². The number of rotatable bonds is 7. The molecule has 6 nitrogen and oxygen atoms in total. The van der Waals surface area contributed by atoms with Crippen molar-refractivity contribution in [2.24, 2.45) is 0 Å². The van der Waals surface area contributed by atoms with Crippen LogP contribution in [0.1, 0.15) is 16.7 Å². The Labute approximate surface area is 155 Å². The minimum absolute atomic E-state index is 0.0452. The van der Waals surface area contributed by atoms with Gasteiger partial charge in [0, 0.05) is 0 Å². The molecule has 0 aromatic heterocycles. The number of hydrogen-bond donors (Lipinski definition) is 2. The second-order valence-electron chi connectivity index (χ2n) is 6.33. The summed E-state index contributed by atoms with van der Waals surface area (Å²) >= 11 is 0. The van der Waals surface area contributed by atoms with Crippen molar-refractivity contribution in [3.05, 3.63) is 73.5 Å². The lowest BCUT2D eigenvalue weighted by molar-refractivity contribution is 0.192. The highest BCUT2D eigenvalue weighted by atomic mass is 16.5. The second-order valence-corrected chi connectivity index (χ2v) is 6.33. The third-order valence-corrected chi connectivity index (χ3v) is 4.35. The number of aryl methyl sites for hydroxylation is 2. The molecule has 27 heavy (non-hydrogen) atoms. The molecule has 0 atom stereocenters. The lowest BCUT2D eigenvalue weighted by Gasteiger charge is -2.15. The summed E-state index contributed by atoms with van der Waals surface area (Å²) in [4.78, 5) is 22.9. The lowest BCUT2D eigenvalue weighted by atomic mass is 9.96. The Balaban J connectivity index is 1.85. The van der Waals surface area contributed by atoms with E-state index >= 15 is 0 Å². The fourth-order valence-electron chi connectivity index (χ4n) is 2.79. The van der Waals surface area contributed by atoms with Gasteiger partial charge >= 0.3 is 0 Å². The van der Waals surface area contributed by atoms with Crippen molar-refractivity contribution in [2.45, 2.75) is 20.5 Å². The van der Waals surface area contributed by atoms with E-state index in [4.69, 9.17) is 14.6 Å². The van der Waals surface area contributed by atoms with E-state index in [1.54, 1.807) is 18.2 Å². The number of aliphatic hydroxyl groups excluding tert-OH is 1. The average molecular weight is 368 g/mol. The van der Waals surface area contributed by atoms with E-state index in [0.29, 0.717) is 17.1 Å². The minimum atomic E-state index is -0.853. The second kappa shape index (κ2) is 7.63. The molecule has 0 bridgehead atoms. The summed E-state index contributed by atoms with van der Waals surface area (Å²) in [5, 5.41) is 18.6. The molecule has 0 saturated carbocycles. The number of benzene rings is 2. The Morgan fingerprint density at radius 1 is 0.926 bits per heavy atom. The number of hydrogen-bond acceptors (Lipinski definition) is 6. The average Bonchev–Trinajstić information content (AvgIpc) is 2.67. The van der Waals surface area contributed by atoms with E-state index in [2.05, 4.69) is 0 Å². The summed E-state index contributed by atoms with van der Waals surface area (Å²) in [7, 11) is 0. The molecule has 0 aliphatic heterocycles. The summed E-state index contributed by atoms with van der Waals surface area (Å²) < 4.78 is 11.4. The van der Waals surface area contributed by atoms with Crippen molar-refractivity contribution in [3.63, 3.8) is 0 Å². The molecule has 140 valence electrons. The van der Waals surface area contributed by atoms with Gasteiger partial charge in [0.1, 0.15) is 13.2 Å². The smallest absolute Gasteiger partial charge is 0.268 e. The van der Waals surface area contributed by atoms with Crippen LogP contribution in [0.3, 0.4) is 0 Å². The predicted molar refractivity (Wildman–Crippen MR) is 101 cm³/mol. The van der Waals surface area contributed by atoms with Crippen molar-refractivity contribution in [3.8, 4) is 28.4 Å². The first-order valence-electron chi connectivity index (χ1n) is 8.51. The first-order valence-corrected chi connectivity index (χ1v) is 8.51. The summed E-state index contributed by atoms with van der Waals surface area (Å²) in [5.74, 6) is 0.586. The first-order chi connectivity index (χ1) is 12.9. The maximum atomic E-state index is 11.7. The topological polar surface area (TPSA) is 93.1 Å². The molecule has 2 N–H and O–H groups in total. The zero-order valence-corrected chi connectivity index (χ0v) is 15.1. The molecule has 0 saturated heterocycles. The van der Waals surface area contributed by atoms with E-state index in [1.165, 1.54) is 0 Å². The monoisotopic (exact) mass is 368 g/mol. The molecule has 0 unspecified atom stereocenters. The zero-order valence-electron chi connectivity index (χ0n) is 15.1. The van der Waals surface area contributed by atoms with Crippen LogP contribution in [0.4, 0.5) is 0 Å². The van der Waals surface area contributed by atoms with Crippen molar-refractivity contribution in [1.82, 2.24) is 0 Å². The largest absolute Gasteiger partial charge is 0.503 e. The predicted octanol–water partition coefficient (Wildman–Crippen LogP) is 2.22. The van der Waals surface area contributed by atoms with E-state index in [1.807, 2.05) is 32.0 Å². The number of ether oxygens (including phenoxy) is 2. The molecule has 3 aromatic carbocycles. The van der Waals surface area contributed by atoms with Gasteiger partial charge in [0.2, 0.25) is 5.43 Å². The fraction of sp³-hybridized carbons (Fsp3) is 0.238. The van der Waals surface area contributed by atoms with Gasteiger partial charge in [0.15, 0.2) is 17.2 Å². The van der Waals surface area contributed by atoms with E-state index < -0.39 is 16.6 Å². The third kappa shape index (κ3) is 3.71. The summed E-state index contributed by atoms with van der Waals surface area (Å²) in [6.07, 6.45) is 0. The van der Waals surface area contributed by atoms with Crippen LogP contribution >= 0.6 is 0 Å². The van der Waals surface area contributed by atoms with Gasteiger partial charge in [0.25, 0.3) is 5.43 Å². The summed E-state index contributed by atoms with van der Waals surface area (Å²) in [5.41, 5.74) is 1.76. The van der Waals surface area contributed by atoms with Gasteiger partial charge in [-0.2, -0.15) is 0 Å². The molecule has 0 spiro atoms. The molecular formula is C21H20O6. The molecule has 3 aromatic rings. The van der Waals surface area contributed by atoms with Gasteiger partial charge in [-0.15, -0.1) is 0 Å². The highest BCUT2D eigenvalue weighted by Gasteiger charge is 2.22. The third-order valence-electron chi connectivity index (χ3n) is 4.35. The van der Waals surface area contributed by atoms with Crippen LogP contribution in [-0.2, 0) is 6.61 Å². The van der Waals surface area contributed by atoms with Gasteiger partial charge in [-0.05, 0) is 54.3 Å². The molecule has 0 heterocycles. The highest BCUT2D eigenvalue weighted by molar-refractivity contribution is 5.74. The SMILES string of the molecule is Cc1ccc(OCCO)c(OCc2cc(-c3c(O)c(=O)c3=O)ccc2C)c1. The van der Waals surface area contributed by atoms with E-state index in [-0.39, 0.29) is 25.4 Å². The normalized spacial score (nSPS) is 10.9. The maximum absolute atomic E-state index is 11.7. The van der Waals surface area contributed by atoms with Crippen LogP contribution in [0, 0.1) is 13.8 Å². The zero-order chi connectivity index (χ0) is 19.6. The Morgan fingerprint density at radius 3 is 2.41 bits per heavy atom. The van der Waals surface area contributed by atoms with Gasteiger partial charge < -0.3 is 19.7 Å². The van der Waals surface area contributed by atoms with Gasteiger partial charge in [-0.25, -0.2) is 0 Å². The van der Waals surface area contributed by atoms with Crippen molar-refractivity contribution in [2.75, 3.05) is 13.2 Å². The van der Waals surface area contributed by atoms with Crippen molar-refractivity contribution < 1.29 is 19.7 Å². The van der Waals surface area contributed by atoms with Crippen molar-refractivity contribution >= 4 is 0 Å². The summed E-state index contributed by atoms with van der Waals surface area (Å²) in [6.45, 7) is 4.12. The van der Waals surface area contributed by atoms with Crippen LogP contribution in [-0.4, -0.2) is 23.4 Å². The van der Waals surface area contributed by atoms with Crippen LogP contribution in [0.2, 0.25) is 0 Å². The summed E-state index contributed by atoms with van der Waals surface area (Å²) in [6, 6.07) is 10.7. The van der Waals surface area contributed by atoms with Crippen LogP contribution < -0.4 is 20.3 Å². The molecular weight excluding hydrogens is 348 g/mol. The Morgan fingerprint density at radius 2 is 1.70 bits per heavy atom. The van der Waals surface area contributed by atoms with Gasteiger partial charge in [0.05, 0.1) is 12.2 Å². The molecule has 0 aliphatic carbocycles. The fourth-order valence-corrected chi connectivity index (χ4v) is 2.79. The van der Waals surface area contributed by atoms with Crippen molar-refractivity contribution in [1.29, 1.82) is 0 Å². The molecule has 6 heteroatoms. The Kier molecular flexibility index (Phi) is 5.28. The quantitative estimate of drug-likeness (QED) is 0.621. The van der Waals surface area contributed by atoms with Crippen LogP contribution in [0.15, 0.2) is 46.0 Å². The Bertz CT molecular complexity index is 1040. The lowest BCUT2D eigenvalue weighted by Crippen LogP contribution is -2.31. The first kappa shape index (κ1) is 18.7. The Hall–Kier alpha value is -3.12. The van der Waals surface area contributed by atoms with Gasteiger partial charge in [-0.1, -0.05) is 18.2 Å².